The zero-order valence-corrected chi connectivity index (χ0v) is 13.7. The summed E-state index contributed by atoms with van der Waals surface area (Å²) >= 11 is 0. The second kappa shape index (κ2) is 6.58. The van der Waals surface area contributed by atoms with E-state index in [1.165, 1.54) is 0 Å². The minimum Gasteiger partial charge on any atom is -0.208 e. The summed E-state index contributed by atoms with van der Waals surface area (Å²) in [5, 5.41) is 1.71. The number of fused-ring (bicyclic) bond motifs is 1. The van der Waals surface area contributed by atoms with Crippen LogP contribution in [0.3, 0.4) is 0 Å². The normalized spacial score (nSPS) is 13.7. The summed E-state index contributed by atoms with van der Waals surface area (Å²) in [6.07, 6.45) is 1.94. The van der Waals surface area contributed by atoms with Gasteiger partial charge in [-0.3, -0.25) is 0 Å². The highest BCUT2D eigenvalue weighted by atomic mass is 32.2. The van der Waals surface area contributed by atoms with Gasteiger partial charge < -0.3 is 0 Å². The van der Waals surface area contributed by atoms with E-state index in [-0.39, 0.29) is 6.04 Å². The predicted octanol–water partition coefficient (Wildman–Crippen LogP) is 3.94. The highest BCUT2D eigenvalue weighted by Gasteiger charge is 2.23. The molecule has 1 unspecified atom stereocenters. The van der Waals surface area contributed by atoms with Gasteiger partial charge in [-0.15, -0.1) is 0 Å². The van der Waals surface area contributed by atoms with Gasteiger partial charge in [-0.1, -0.05) is 63.1 Å². The quantitative estimate of drug-likeness (QED) is 0.878. The average Bonchev–Trinajstić information content (AvgIpc) is 2.47. The van der Waals surface area contributed by atoms with Crippen LogP contribution < -0.4 is 4.72 Å². The van der Waals surface area contributed by atoms with Gasteiger partial charge in [-0.05, 0) is 24.3 Å². The van der Waals surface area contributed by atoms with Crippen LogP contribution in [0.15, 0.2) is 47.4 Å². The van der Waals surface area contributed by atoms with E-state index in [0.29, 0.717) is 10.8 Å². The van der Waals surface area contributed by atoms with Gasteiger partial charge in [0.05, 0.1) is 4.90 Å². The van der Waals surface area contributed by atoms with E-state index < -0.39 is 10.0 Å². The van der Waals surface area contributed by atoms with Crippen LogP contribution in [0, 0.1) is 5.92 Å². The smallest absolute Gasteiger partial charge is 0.208 e. The molecule has 1 atom stereocenters. The largest absolute Gasteiger partial charge is 0.241 e. The van der Waals surface area contributed by atoms with E-state index in [1.54, 1.807) is 12.1 Å². The number of nitrogens with one attached hydrogen (secondary N) is 1. The Morgan fingerprint density at radius 1 is 1.00 bits per heavy atom. The molecule has 0 aliphatic heterocycles. The van der Waals surface area contributed by atoms with Crippen LogP contribution in [0.4, 0.5) is 0 Å². The predicted molar refractivity (Wildman–Crippen MR) is 87.8 cm³/mol. The molecule has 0 heterocycles. The first-order valence-corrected chi connectivity index (χ1v) is 8.98. The van der Waals surface area contributed by atoms with E-state index in [4.69, 9.17) is 0 Å². The van der Waals surface area contributed by atoms with E-state index in [1.807, 2.05) is 37.3 Å². The topological polar surface area (TPSA) is 46.2 Å². The molecule has 0 aromatic heterocycles. The molecule has 0 amide bonds. The van der Waals surface area contributed by atoms with E-state index in [9.17, 15) is 8.42 Å². The first kappa shape index (κ1) is 16.0. The summed E-state index contributed by atoms with van der Waals surface area (Å²) in [7, 11) is -3.50. The molecule has 2 rings (SSSR count). The summed E-state index contributed by atoms with van der Waals surface area (Å²) < 4.78 is 28.2. The summed E-state index contributed by atoms with van der Waals surface area (Å²) in [4.78, 5) is 0.360. The van der Waals surface area contributed by atoms with Crippen molar-refractivity contribution in [2.24, 2.45) is 5.92 Å². The summed E-state index contributed by atoms with van der Waals surface area (Å²) in [5.74, 6) is 0.356. The molecule has 21 heavy (non-hydrogen) atoms. The van der Waals surface area contributed by atoms with E-state index >= 15 is 0 Å². The van der Waals surface area contributed by atoms with Crippen molar-refractivity contribution in [1.29, 1.82) is 0 Å². The number of sulfonamides is 1. The van der Waals surface area contributed by atoms with Crippen molar-refractivity contribution >= 4 is 20.8 Å². The van der Waals surface area contributed by atoms with Gasteiger partial charge in [-0.25, -0.2) is 13.1 Å². The molecule has 0 bridgehead atoms. The maximum absolute atomic E-state index is 12.7. The van der Waals surface area contributed by atoms with Gasteiger partial charge in [-0.2, -0.15) is 0 Å². The molecular formula is C17H23NO2S. The summed E-state index contributed by atoms with van der Waals surface area (Å²) in [6.45, 7) is 6.13. The molecule has 114 valence electrons. The first-order valence-electron chi connectivity index (χ1n) is 7.49. The second-order valence-corrected chi connectivity index (χ2v) is 7.15. The maximum Gasteiger partial charge on any atom is 0.241 e. The summed E-state index contributed by atoms with van der Waals surface area (Å²) in [5.41, 5.74) is 0. The lowest BCUT2D eigenvalue weighted by molar-refractivity contribution is 0.391. The van der Waals surface area contributed by atoms with Crippen LogP contribution in [-0.4, -0.2) is 14.5 Å². The van der Waals surface area contributed by atoms with Gasteiger partial charge >= 0.3 is 0 Å². The molecular weight excluding hydrogens is 282 g/mol. The molecule has 0 aliphatic rings. The SMILES string of the molecule is CCC(CC)C(C)NS(=O)(=O)c1cccc2ccccc12. The van der Waals surface area contributed by atoms with Crippen molar-refractivity contribution in [1.82, 2.24) is 4.72 Å². The zero-order valence-electron chi connectivity index (χ0n) is 12.8. The standard InChI is InChI=1S/C17H23NO2S/c1-4-14(5-2)13(3)18-21(19,20)17-12-8-10-15-9-6-7-11-16(15)17/h6-14,18H,4-5H2,1-3H3. The van der Waals surface area contributed by atoms with E-state index in [0.717, 1.165) is 23.6 Å². The fourth-order valence-electron chi connectivity index (χ4n) is 2.83. The minimum atomic E-state index is -3.50. The lowest BCUT2D eigenvalue weighted by atomic mass is 9.96. The molecule has 0 fully saturated rings. The van der Waals surface area contributed by atoms with Crippen LogP contribution in [0.2, 0.25) is 0 Å². The Morgan fingerprint density at radius 3 is 2.29 bits per heavy atom. The third-order valence-electron chi connectivity index (χ3n) is 4.14. The highest BCUT2D eigenvalue weighted by Crippen LogP contribution is 2.24. The monoisotopic (exact) mass is 305 g/mol. The number of hydrogen-bond donors (Lipinski definition) is 1. The van der Waals surface area contributed by atoms with Crippen molar-refractivity contribution in [3.05, 3.63) is 42.5 Å². The van der Waals surface area contributed by atoms with Gasteiger partial charge in [0.15, 0.2) is 0 Å². The number of rotatable bonds is 6. The molecule has 4 heteroatoms. The third-order valence-corrected chi connectivity index (χ3v) is 5.75. The Hall–Kier alpha value is -1.39. The molecule has 0 aliphatic carbocycles. The van der Waals surface area contributed by atoms with Crippen molar-refractivity contribution in [2.45, 2.75) is 44.6 Å². The lowest BCUT2D eigenvalue weighted by Gasteiger charge is -2.22. The Bertz CT molecular complexity index is 700. The summed E-state index contributed by atoms with van der Waals surface area (Å²) in [6, 6.07) is 12.9. The minimum absolute atomic E-state index is 0.0658. The third kappa shape index (κ3) is 3.44. The molecule has 0 spiro atoms. The Balaban J connectivity index is 2.38. The number of benzene rings is 2. The molecule has 0 radical (unpaired) electrons. The molecule has 1 N–H and O–H groups in total. The van der Waals surface area contributed by atoms with Crippen molar-refractivity contribution in [3.63, 3.8) is 0 Å². The van der Waals surface area contributed by atoms with Crippen molar-refractivity contribution in [3.8, 4) is 0 Å². The lowest BCUT2D eigenvalue weighted by Crippen LogP contribution is -2.37. The maximum atomic E-state index is 12.7. The van der Waals surface area contributed by atoms with Crippen molar-refractivity contribution < 1.29 is 8.42 Å². The Kier molecular flexibility index (Phi) is 5.01. The fourth-order valence-corrected chi connectivity index (χ4v) is 4.37. The van der Waals surface area contributed by atoms with Gasteiger partial charge in [0.1, 0.15) is 0 Å². The van der Waals surface area contributed by atoms with Crippen LogP contribution >= 0.6 is 0 Å². The molecule has 3 nitrogen and oxygen atoms in total. The molecule has 2 aromatic rings. The van der Waals surface area contributed by atoms with E-state index in [2.05, 4.69) is 18.6 Å². The highest BCUT2D eigenvalue weighted by molar-refractivity contribution is 7.89. The van der Waals surface area contributed by atoms with Crippen LogP contribution in [0.25, 0.3) is 10.8 Å². The molecule has 0 saturated heterocycles. The van der Waals surface area contributed by atoms with Gasteiger partial charge in [0, 0.05) is 11.4 Å². The Morgan fingerprint density at radius 2 is 1.62 bits per heavy atom. The van der Waals surface area contributed by atoms with Gasteiger partial charge in [0.2, 0.25) is 10.0 Å². The first-order chi connectivity index (χ1) is 9.99. The fraction of sp³-hybridized carbons (Fsp3) is 0.412. The van der Waals surface area contributed by atoms with Gasteiger partial charge in [0.25, 0.3) is 0 Å². The van der Waals surface area contributed by atoms with Crippen LogP contribution in [0.1, 0.15) is 33.6 Å². The van der Waals surface area contributed by atoms with Crippen LogP contribution in [0.5, 0.6) is 0 Å². The molecule has 0 saturated carbocycles. The zero-order chi connectivity index (χ0) is 15.5. The Labute approximate surface area is 127 Å². The molecule has 2 aromatic carbocycles. The second-order valence-electron chi connectivity index (χ2n) is 5.46. The van der Waals surface area contributed by atoms with Crippen molar-refractivity contribution in [2.75, 3.05) is 0 Å². The average molecular weight is 305 g/mol. The van der Waals surface area contributed by atoms with Crippen LogP contribution in [-0.2, 0) is 10.0 Å². The number of hydrogen-bond acceptors (Lipinski definition) is 2.